The van der Waals surface area contributed by atoms with Gasteiger partial charge in [-0.2, -0.15) is 0 Å². The molecule has 4 heteroatoms. The van der Waals surface area contributed by atoms with Crippen LogP contribution in [0, 0.1) is 0 Å². The fourth-order valence-corrected chi connectivity index (χ4v) is 2.33. The Labute approximate surface area is 124 Å². The van der Waals surface area contributed by atoms with Crippen LogP contribution < -0.4 is 15.4 Å². The summed E-state index contributed by atoms with van der Waals surface area (Å²) in [4.78, 5) is 2.16. The summed E-state index contributed by atoms with van der Waals surface area (Å²) in [5.74, 6) is 0.845. The van der Waals surface area contributed by atoms with Gasteiger partial charge in [-0.15, -0.1) is 0 Å². The molecule has 2 aromatic rings. The van der Waals surface area contributed by atoms with E-state index < -0.39 is 0 Å². The molecule has 0 fully saturated rings. The number of nitrogens with two attached hydrogens (primary N) is 1. The predicted octanol–water partition coefficient (Wildman–Crippen LogP) is 3.48. The molecule has 1 unspecified atom stereocenters. The highest BCUT2D eigenvalue weighted by Gasteiger charge is 2.15. The minimum atomic E-state index is 0.112. The minimum absolute atomic E-state index is 0.112. The fraction of sp³-hybridized carbons (Fsp3) is 0.250. The van der Waals surface area contributed by atoms with E-state index in [1.54, 1.807) is 7.11 Å². The van der Waals surface area contributed by atoms with Gasteiger partial charge in [-0.25, -0.2) is 0 Å². The quantitative estimate of drug-likeness (QED) is 0.916. The minimum Gasteiger partial charge on any atom is -0.497 e. The lowest BCUT2D eigenvalue weighted by molar-refractivity contribution is 0.415. The van der Waals surface area contributed by atoms with Crippen LogP contribution in [0.15, 0.2) is 48.5 Å². The van der Waals surface area contributed by atoms with Gasteiger partial charge < -0.3 is 15.4 Å². The molecule has 0 bridgehead atoms. The first-order valence-electron chi connectivity index (χ1n) is 6.48. The van der Waals surface area contributed by atoms with Gasteiger partial charge in [0.05, 0.1) is 13.2 Å². The fourth-order valence-electron chi connectivity index (χ4n) is 2.20. The van der Waals surface area contributed by atoms with Crippen LogP contribution in [0.3, 0.4) is 0 Å². The highest BCUT2D eigenvalue weighted by Crippen LogP contribution is 2.27. The topological polar surface area (TPSA) is 38.5 Å². The monoisotopic (exact) mass is 290 g/mol. The summed E-state index contributed by atoms with van der Waals surface area (Å²) in [6, 6.07) is 15.9. The van der Waals surface area contributed by atoms with Crippen molar-refractivity contribution in [2.45, 2.75) is 6.04 Å². The Hall–Kier alpha value is -1.71. The van der Waals surface area contributed by atoms with E-state index in [1.165, 1.54) is 0 Å². The molecule has 0 heterocycles. The van der Waals surface area contributed by atoms with Crippen molar-refractivity contribution < 1.29 is 4.74 Å². The van der Waals surface area contributed by atoms with E-state index in [1.807, 2.05) is 55.6 Å². The first-order valence-corrected chi connectivity index (χ1v) is 6.86. The van der Waals surface area contributed by atoms with Crippen molar-refractivity contribution in [3.05, 3.63) is 59.1 Å². The molecular weight excluding hydrogens is 272 g/mol. The Balaban J connectivity index is 2.23. The highest BCUT2D eigenvalue weighted by atomic mass is 35.5. The van der Waals surface area contributed by atoms with E-state index in [9.17, 15) is 0 Å². The molecule has 0 saturated carbocycles. The van der Waals surface area contributed by atoms with Gasteiger partial charge in [-0.05, 0) is 42.0 Å². The summed E-state index contributed by atoms with van der Waals surface area (Å²) in [5.41, 5.74) is 8.18. The second-order valence-electron chi connectivity index (χ2n) is 4.61. The third-order valence-electron chi connectivity index (χ3n) is 3.43. The maximum Gasteiger partial charge on any atom is 0.119 e. The number of rotatable bonds is 5. The van der Waals surface area contributed by atoms with Crippen molar-refractivity contribution in [2.75, 3.05) is 25.6 Å². The van der Waals surface area contributed by atoms with Crippen molar-refractivity contribution in [3.8, 4) is 5.75 Å². The summed E-state index contributed by atoms with van der Waals surface area (Å²) < 4.78 is 5.18. The van der Waals surface area contributed by atoms with E-state index in [0.717, 1.165) is 22.0 Å². The van der Waals surface area contributed by atoms with Crippen molar-refractivity contribution in [2.24, 2.45) is 5.73 Å². The molecule has 2 rings (SSSR count). The SMILES string of the molecule is COc1ccc(N(C)C(CN)c2ccc(Cl)cc2)cc1. The average Bonchev–Trinajstić information content (AvgIpc) is 2.50. The second-order valence-corrected chi connectivity index (χ2v) is 5.05. The van der Waals surface area contributed by atoms with E-state index in [4.69, 9.17) is 22.1 Å². The number of likely N-dealkylation sites (N-methyl/N-ethyl adjacent to an activating group) is 1. The predicted molar refractivity (Wildman–Crippen MR) is 84.6 cm³/mol. The Kier molecular flexibility index (Phi) is 4.88. The molecule has 2 aromatic carbocycles. The van der Waals surface area contributed by atoms with Crippen LogP contribution in [0.5, 0.6) is 5.75 Å². The van der Waals surface area contributed by atoms with Gasteiger partial charge in [0, 0.05) is 24.3 Å². The number of anilines is 1. The third-order valence-corrected chi connectivity index (χ3v) is 3.68. The van der Waals surface area contributed by atoms with Crippen LogP contribution in [0.2, 0.25) is 5.02 Å². The standard InChI is InChI=1S/C16H19ClN2O/c1-19(14-7-9-15(20-2)10-8-14)16(11-18)12-3-5-13(17)6-4-12/h3-10,16H,11,18H2,1-2H3. The van der Waals surface area contributed by atoms with Gasteiger partial charge >= 0.3 is 0 Å². The van der Waals surface area contributed by atoms with Crippen LogP contribution in [0.25, 0.3) is 0 Å². The molecule has 0 aliphatic carbocycles. The van der Waals surface area contributed by atoms with Gasteiger partial charge in [-0.3, -0.25) is 0 Å². The highest BCUT2D eigenvalue weighted by molar-refractivity contribution is 6.30. The second kappa shape index (κ2) is 6.64. The van der Waals surface area contributed by atoms with Crippen molar-refractivity contribution in [1.82, 2.24) is 0 Å². The molecular formula is C16H19ClN2O. The van der Waals surface area contributed by atoms with Crippen LogP contribution in [-0.2, 0) is 0 Å². The van der Waals surface area contributed by atoms with E-state index in [2.05, 4.69) is 4.90 Å². The molecule has 2 N–H and O–H groups in total. The van der Waals surface area contributed by atoms with Crippen LogP contribution in [0.1, 0.15) is 11.6 Å². The Morgan fingerprint density at radius 2 is 1.70 bits per heavy atom. The molecule has 3 nitrogen and oxygen atoms in total. The van der Waals surface area contributed by atoms with Crippen LogP contribution in [0.4, 0.5) is 5.69 Å². The number of hydrogen-bond donors (Lipinski definition) is 1. The zero-order valence-corrected chi connectivity index (χ0v) is 12.5. The Morgan fingerprint density at radius 1 is 1.10 bits per heavy atom. The molecule has 106 valence electrons. The van der Waals surface area contributed by atoms with Gasteiger partial charge in [0.1, 0.15) is 5.75 Å². The summed E-state index contributed by atoms with van der Waals surface area (Å²) in [7, 11) is 3.70. The maximum absolute atomic E-state index is 5.94. The van der Waals surface area contributed by atoms with Crippen molar-refractivity contribution in [1.29, 1.82) is 0 Å². The smallest absolute Gasteiger partial charge is 0.119 e. The summed E-state index contributed by atoms with van der Waals surface area (Å²) >= 11 is 5.93. The van der Waals surface area contributed by atoms with Crippen molar-refractivity contribution in [3.63, 3.8) is 0 Å². The Morgan fingerprint density at radius 3 is 2.20 bits per heavy atom. The third kappa shape index (κ3) is 3.24. The lowest BCUT2D eigenvalue weighted by Crippen LogP contribution is -2.30. The molecule has 0 radical (unpaired) electrons. The zero-order valence-electron chi connectivity index (χ0n) is 11.7. The van der Waals surface area contributed by atoms with Crippen molar-refractivity contribution >= 4 is 17.3 Å². The number of hydrogen-bond acceptors (Lipinski definition) is 3. The van der Waals surface area contributed by atoms with E-state index in [-0.39, 0.29) is 6.04 Å². The summed E-state index contributed by atoms with van der Waals surface area (Å²) in [6.45, 7) is 0.532. The normalized spacial score (nSPS) is 12.0. The lowest BCUT2D eigenvalue weighted by Gasteiger charge is -2.29. The Bertz CT molecular complexity index is 539. The molecule has 20 heavy (non-hydrogen) atoms. The van der Waals surface area contributed by atoms with E-state index >= 15 is 0 Å². The summed E-state index contributed by atoms with van der Waals surface area (Å²) in [5, 5.41) is 0.733. The summed E-state index contributed by atoms with van der Waals surface area (Å²) in [6.07, 6.45) is 0. The van der Waals surface area contributed by atoms with E-state index in [0.29, 0.717) is 6.54 Å². The van der Waals surface area contributed by atoms with Crippen LogP contribution in [-0.4, -0.2) is 20.7 Å². The van der Waals surface area contributed by atoms with Gasteiger partial charge in [-0.1, -0.05) is 23.7 Å². The number of ether oxygens (including phenoxy) is 1. The largest absolute Gasteiger partial charge is 0.497 e. The first kappa shape index (κ1) is 14.7. The number of methoxy groups -OCH3 is 1. The molecule has 0 aliphatic heterocycles. The average molecular weight is 291 g/mol. The van der Waals surface area contributed by atoms with Crippen LogP contribution >= 0.6 is 11.6 Å². The van der Waals surface area contributed by atoms with Gasteiger partial charge in [0.25, 0.3) is 0 Å². The van der Waals surface area contributed by atoms with Gasteiger partial charge in [0.15, 0.2) is 0 Å². The molecule has 0 amide bonds. The zero-order chi connectivity index (χ0) is 14.5. The molecule has 0 aliphatic rings. The number of nitrogens with zero attached hydrogens (tertiary/aromatic N) is 1. The number of benzene rings is 2. The maximum atomic E-state index is 5.94. The first-order chi connectivity index (χ1) is 9.65. The molecule has 0 saturated heterocycles. The lowest BCUT2D eigenvalue weighted by atomic mass is 10.1. The van der Waals surface area contributed by atoms with Gasteiger partial charge in [0.2, 0.25) is 0 Å². The molecule has 0 spiro atoms. The number of halogens is 1. The molecule has 1 atom stereocenters. The molecule has 0 aromatic heterocycles.